The predicted octanol–water partition coefficient (Wildman–Crippen LogP) is 4.68. The number of ether oxygens (including phenoxy) is 1. The van der Waals surface area contributed by atoms with Crippen LogP contribution in [0, 0.1) is 5.41 Å². The Bertz CT molecular complexity index is 1100. The molecule has 0 spiro atoms. The van der Waals surface area contributed by atoms with Gasteiger partial charge in [0.15, 0.2) is 11.8 Å². The van der Waals surface area contributed by atoms with Gasteiger partial charge in [-0.15, -0.1) is 37.2 Å². The van der Waals surface area contributed by atoms with Gasteiger partial charge < -0.3 is 21.1 Å². The molecule has 1 aliphatic carbocycles. The van der Waals surface area contributed by atoms with E-state index in [9.17, 15) is 0 Å². The summed E-state index contributed by atoms with van der Waals surface area (Å²) in [6.45, 7) is 0. The smallest absolute Gasteiger partial charge is 0.185 e. The van der Waals surface area contributed by atoms with E-state index in [0.717, 1.165) is 53.7 Å². The van der Waals surface area contributed by atoms with Crippen LogP contribution in [-0.2, 0) is 0 Å². The average molecular weight is 527 g/mol. The Hall–Kier alpha value is -2.81. The Labute approximate surface area is 217 Å². The number of pyridine rings is 1. The monoisotopic (exact) mass is 525 g/mol. The number of benzene rings is 1. The van der Waals surface area contributed by atoms with Gasteiger partial charge in [-0.3, -0.25) is 10.4 Å². The zero-order valence-electron chi connectivity index (χ0n) is 18.7. The average Bonchev–Trinajstić information content (AvgIpc) is 2.79. The fourth-order valence-corrected chi connectivity index (χ4v) is 3.93. The third kappa shape index (κ3) is 7.35. The minimum absolute atomic E-state index is 0. The van der Waals surface area contributed by atoms with E-state index in [4.69, 9.17) is 25.8 Å². The highest BCUT2D eigenvalue weighted by Crippen LogP contribution is 2.29. The highest BCUT2D eigenvalue weighted by Gasteiger charge is 2.26. The van der Waals surface area contributed by atoms with Gasteiger partial charge in [-0.2, -0.15) is 0 Å². The van der Waals surface area contributed by atoms with Crippen molar-refractivity contribution in [2.45, 2.75) is 37.8 Å². The van der Waals surface area contributed by atoms with E-state index in [2.05, 4.69) is 15.6 Å². The summed E-state index contributed by atoms with van der Waals surface area (Å²) in [5.41, 5.74) is 7.42. The molecule has 1 saturated carbocycles. The lowest BCUT2D eigenvalue weighted by Gasteiger charge is -2.33. The van der Waals surface area contributed by atoms with Crippen molar-refractivity contribution in [3.63, 3.8) is 0 Å². The molecule has 0 bridgehead atoms. The molecule has 2 atom stereocenters. The Balaban J connectivity index is 0.00000193. The lowest BCUT2D eigenvalue weighted by molar-refractivity contribution is 0.377. The number of methoxy groups -OCH3 is 1. The molecule has 0 radical (unpaired) electrons. The lowest BCUT2D eigenvalue weighted by Crippen LogP contribution is -2.50. The van der Waals surface area contributed by atoms with Crippen LogP contribution >= 0.6 is 37.2 Å². The Morgan fingerprint density at radius 2 is 1.85 bits per heavy atom. The first kappa shape index (κ1) is 29.2. The number of fused-ring (bicyclic) bond motifs is 1. The summed E-state index contributed by atoms with van der Waals surface area (Å²) in [5, 5.41) is 15.2. The summed E-state index contributed by atoms with van der Waals surface area (Å²) in [6, 6.07) is 9.85. The number of halogens is 3. The fourth-order valence-electron chi connectivity index (χ4n) is 3.93. The number of hydrogen-bond donors (Lipinski definition) is 4. The summed E-state index contributed by atoms with van der Waals surface area (Å²) in [4.78, 5) is 13.6. The van der Waals surface area contributed by atoms with Gasteiger partial charge >= 0.3 is 0 Å². The maximum Gasteiger partial charge on any atom is 0.185 e. The van der Waals surface area contributed by atoms with E-state index in [0.29, 0.717) is 5.82 Å². The molecule has 0 aliphatic heterocycles. The van der Waals surface area contributed by atoms with E-state index in [-0.39, 0.29) is 55.3 Å². The van der Waals surface area contributed by atoms with E-state index in [1.165, 1.54) is 0 Å². The van der Waals surface area contributed by atoms with Crippen LogP contribution in [0.2, 0.25) is 0 Å². The molecule has 2 aromatic heterocycles. The van der Waals surface area contributed by atoms with Crippen LogP contribution in [-0.4, -0.2) is 40.1 Å². The number of nitrogens with zero attached hydrogens (tertiary/aromatic N) is 3. The lowest BCUT2D eigenvalue weighted by atomic mass is 9.90. The maximum atomic E-state index is 7.64. The molecule has 1 aromatic carbocycles. The molecule has 5 N–H and O–H groups in total. The molecule has 0 saturated heterocycles. The SMILES string of the molecule is COc1ccc2nc(/C=C\c3cccnc3)nc(N[C@H]3CCCC[C@H]3NC(=N)N)c2c1.Cl.Cl.Cl. The Morgan fingerprint density at radius 1 is 1.09 bits per heavy atom. The van der Waals surface area contributed by atoms with Crippen molar-refractivity contribution < 1.29 is 4.74 Å². The van der Waals surface area contributed by atoms with Crippen molar-refractivity contribution in [1.82, 2.24) is 20.3 Å². The van der Waals surface area contributed by atoms with Crippen molar-refractivity contribution in [3.05, 3.63) is 54.1 Å². The second-order valence-electron chi connectivity index (χ2n) is 7.63. The number of aromatic nitrogens is 3. The third-order valence-electron chi connectivity index (χ3n) is 5.46. The number of nitrogens with two attached hydrogens (primary N) is 1. The van der Waals surface area contributed by atoms with Gasteiger partial charge in [-0.1, -0.05) is 18.9 Å². The van der Waals surface area contributed by atoms with Gasteiger partial charge in [0, 0.05) is 29.9 Å². The molecular weight excluding hydrogens is 497 g/mol. The Morgan fingerprint density at radius 3 is 2.53 bits per heavy atom. The first-order valence-electron chi connectivity index (χ1n) is 10.4. The van der Waals surface area contributed by atoms with Gasteiger partial charge in [0.25, 0.3) is 0 Å². The molecule has 0 amide bonds. The zero-order chi connectivity index (χ0) is 21.6. The molecular formula is C23H30Cl3N7O. The topological polar surface area (TPSA) is 122 Å². The second-order valence-corrected chi connectivity index (χ2v) is 7.63. The van der Waals surface area contributed by atoms with E-state index in [1.54, 1.807) is 19.5 Å². The van der Waals surface area contributed by atoms with Gasteiger partial charge in [-0.05, 0) is 54.8 Å². The number of nitrogens with one attached hydrogen (secondary N) is 3. The fraction of sp³-hybridized carbons (Fsp3) is 0.304. The minimum atomic E-state index is -0.00647. The van der Waals surface area contributed by atoms with Crippen molar-refractivity contribution in [2.75, 3.05) is 12.4 Å². The molecule has 11 heteroatoms. The second kappa shape index (κ2) is 13.8. The molecule has 1 fully saturated rings. The van der Waals surface area contributed by atoms with Crippen molar-refractivity contribution >= 4 is 72.1 Å². The molecule has 2 heterocycles. The molecule has 3 aromatic rings. The zero-order valence-corrected chi connectivity index (χ0v) is 21.2. The maximum absolute atomic E-state index is 7.64. The number of anilines is 1. The van der Waals surface area contributed by atoms with Crippen LogP contribution in [0.15, 0.2) is 42.7 Å². The quantitative estimate of drug-likeness (QED) is 0.272. The molecule has 8 nitrogen and oxygen atoms in total. The van der Waals surface area contributed by atoms with Crippen LogP contribution in [0.3, 0.4) is 0 Å². The third-order valence-corrected chi connectivity index (χ3v) is 5.46. The largest absolute Gasteiger partial charge is 0.497 e. The van der Waals surface area contributed by atoms with Crippen LogP contribution in [0.1, 0.15) is 37.1 Å². The summed E-state index contributed by atoms with van der Waals surface area (Å²) in [6.07, 6.45) is 11.5. The van der Waals surface area contributed by atoms with Crippen LogP contribution in [0.4, 0.5) is 5.82 Å². The van der Waals surface area contributed by atoms with Crippen molar-refractivity contribution in [3.8, 4) is 5.75 Å². The normalized spacial score (nSPS) is 17.1. The van der Waals surface area contributed by atoms with Crippen LogP contribution in [0.25, 0.3) is 23.1 Å². The van der Waals surface area contributed by atoms with E-state index < -0.39 is 0 Å². The number of hydrogen-bond acceptors (Lipinski definition) is 6. The molecule has 34 heavy (non-hydrogen) atoms. The first-order valence-corrected chi connectivity index (χ1v) is 10.4. The van der Waals surface area contributed by atoms with Gasteiger partial charge in [-0.25, -0.2) is 9.97 Å². The molecule has 4 rings (SSSR count). The van der Waals surface area contributed by atoms with Gasteiger partial charge in [0.2, 0.25) is 0 Å². The molecule has 0 unspecified atom stereocenters. The van der Waals surface area contributed by atoms with E-state index in [1.807, 2.05) is 42.5 Å². The molecule has 184 valence electrons. The first-order chi connectivity index (χ1) is 15.1. The van der Waals surface area contributed by atoms with Gasteiger partial charge in [0.1, 0.15) is 11.6 Å². The number of guanidine groups is 1. The van der Waals surface area contributed by atoms with Gasteiger partial charge in [0.05, 0.1) is 12.6 Å². The van der Waals surface area contributed by atoms with E-state index >= 15 is 0 Å². The highest BCUT2D eigenvalue weighted by atomic mass is 35.5. The Kier molecular flexibility index (Phi) is 11.9. The summed E-state index contributed by atoms with van der Waals surface area (Å²) >= 11 is 0. The van der Waals surface area contributed by atoms with Crippen molar-refractivity contribution in [1.29, 1.82) is 5.41 Å². The summed E-state index contributed by atoms with van der Waals surface area (Å²) in [5.74, 6) is 2.10. The highest BCUT2D eigenvalue weighted by molar-refractivity contribution is 5.91. The number of rotatable bonds is 6. The predicted molar refractivity (Wildman–Crippen MR) is 146 cm³/mol. The summed E-state index contributed by atoms with van der Waals surface area (Å²) in [7, 11) is 1.65. The molecule has 1 aliphatic rings. The van der Waals surface area contributed by atoms with Crippen LogP contribution in [0.5, 0.6) is 5.75 Å². The minimum Gasteiger partial charge on any atom is -0.497 e. The standard InChI is InChI=1S/C23H27N7O.3ClH/c1-31-16-9-10-18-17(13-16)22(28-19-6-2-3-7-20(19)29-23(24)25)30-21(27-18)11-8-15-5-4-12-26-14-15;;;/h4-5,8-14,19-20H,2-3,6-7H2,1H3,(H4,24,25,29)(H,27,28,30);3*1H/b11-8-;;;/t19-,20+;;;/m0.../s1. The summed E-state index contributed by atoms with van der Waals surface area (Å²) < 4.78 is 5.42. The van der Waals surface area contributed by atoms with Crippen molar-refractivity contribution in [2.24, 2.45) is 5.73 Å². The van der Waals surface area contributed by atoms with Crippen LogP contribution < -0.4 is 21.1 Å².